The first-order valence-corrected chi connectivity index (χ1v) is 8.06. The van der Waals surface area contributed by atoms with Gasteiger partial charge in [0.1, 0.15) is 5.75 Å². The standard InChI is InChI=1S/C18H30N2O/c1-8-20-15(16-17(4,5)18(16,6)7)13-9-14(11-19-10-13)21-12(2)3/h9-12,15-16,20H,8H2,1-7H3. The maximum Gasteiger partial charge on any atom is 0.138 e. The maximum atomic E-state index is 5.80. The second-order valence-electron chi connectivity index (χ2n) is 7.58. The number of aromatic nitrogens is 1. The molecule has 2 rings (SSSR count). The molecule has 1 aromatic heterocycles. The lowest BCUT2D eigenvalue weighted by Gasteiger charge is -2.21. The Hall–Kier alpha value is -1.09. The van der Waals surface area contributed by atoms with Crippen LogP contribution in [0.2, 0.25) is 0 Å². The molecule has 1 aromatic rings. The highest BCUT2D eigenvalue weighted by molar-refractivity contribution is 5.31. The summed E-state index contributed by atoms with van der Waals surface area (Å²) < 4.78 is 5.80. The molecular formula is C18H30N2O. The minimum atomic E-state index is 0.174. The van der Waals surface area contributed by atoms with Crippen molar-refractivity contribution in [2.24, 2.45) is 16.7 Å². The highest BCUT2D eigenvalue weighted by Gasteiger charge is 2.67. The van der Waals surface area contributed by atoms with E-state index in [1.165, 1.54) is 5.56 Å². The van der Waals surface area contributed by atoms with Crippen molar-refractivity contribution >= 4 is 0 Å². The van der Waals surface area contributed by atoms with Gasteiger partial charge in [-0.3, -0.25) is 4.98 Å². The number of nitrogens with zero attached hydrogens (tertiary/aromatic N) is 1. The summed E-state index contributed by atoms with van der Waals surface area (Å²) in [5.74, 6) is 1.47. The van der Waals surface area contributed by atoms with E-state index in [-0.39, 0.29) is 6.10 Å². The summed E-state index contributed by atoms with van der Waals surface area (Å²) in [6.07, 6.45) is 3.95. The smallest absolute Gasteiger partial charge is 0.138 e. The van der Waals surface area contributed by atoms with Gasteiger partial charge in [-0.2, -0.15) is 0 Å². The van der Waals surface area contributed by atoms with Gasteiger partial charge >= 0.3 is 0 Å². The monoisotopic (exact) mass is 290 g/mol. The van der Waals surface area contributed by atoms with Gasteiger partial charge in [-0.25, -0.2) is 0 Å². The highest BCUT2D eigenvalue weighted by atomic mass is 16.5. The highest BCUT2D eigenvalue weighted by Crippen LogP contribution is 2.72. The van der Waals surface area contributed by atoms with Crippen LogP contribution in [0.1, 0.15) is 60.1 Å². The molecule has 1 N–H and O–H groups in total. The molecular weight excluding hydrogens is 260 g/mol. The molecule has 118 valence electrons. The third-order valence-corrected chi connectivity index (χ3v) is 5.35. The Morgan fingerprint density at radius 2 is 1.81 bits per heavy atom. The Kier molecular flexibility index (Phi) is 4.34. The topological polar surface area (TPSA) is 34.2 Å². The van der Waals surface area contributed by atoms with E-state index in [1.807, 2.05) is 20.0 Å². The van der Waals surface area contributed by atoms with Crippen molar-refractivity contribution < 1.29 is 4.74 Å². The van der Waals surface area contributed by atoms with Gasteiger partial charge in [-0.15, -0.1) is 0 Å². The fourth-order valence-electron chi connectivity index (χ4n) is 3.67. The number of hydrogen-bond acceptors (Lipinski definition) is 3. The SMILES string of the molecule is CCNC(c1cncc(OC(C)C)c1)C1C(C)(C)C1(C)C. The number of nitrogens with one attached hydrogen (secondary N) is 1. The van der Waals surface area contributed by atoms with Crippen LogP contribution in [0.5, 0.6) is 5.75 Å². The van der Waals surface area contributed by atoms with Gasteiger partial charge in [0.25, 0.3) is 0 Å². The summed E-state index contributed by atoms with van der Waals surface area (Å²) in [5, 5.41) is 3.66. The van der Waals surface area contributed by atoms with Crippen LogP contribution in [0.4, 0.5) is 0 Å². The van der Waals surface area contributed by atoms with Crippen molar-refractivity contribution in [3.8, 4) is 5.75 Å². The van der Waals surface area contributed by atoms with Gasteiger partial charge in [-0.05, 0) is 48.8 Å². The third-order valence-electron chi connectivity index (χ3n) is 5.35. The fourth-order valence-corrected chi connectivity index (χ4v) is 3.67. The molecule has 0 aromatic carbocycles. The summed E-state index contributed by atoms with van der Waals surface area (Å²) in [7, 11) is 0. The molecule has 0 radical (unpaired) electrons. The zero-order chi connectivity index (χ0) is 15.8. The maximum absolute atomic E-state index is 5.80. The molecule has 0 spiro atoms. The van der Waals surface area contributed by atoms with Crippen molar-refractivity contribution in [2.75, 3.05) is 6.54 Å². The van der Waals surface area contributed by atoms with Crippen molar-refractivity contribution in [1.29, 1.82) is 0 Å². The molecule has 1 fully saturated rings. The predicted molar refractivity (Wildman–Crippen MR) is 87.5 cm³/mol. The van der Waals surface area contributed by atoms with Crippen LogP contribution in [0, 0.1) is 16.7 Å². The molecule has 1 aliphatic rings. The van der Waals surface area contributed by atoms with Crippen molar-refractivity contribution in [3.05, 3.63) is 24.0 Å². The van der Waals surface area contributed by atoms with Gasteiger partial charge in [0.05, 0.1) is 12.3 Å². The number of ether oxygens (including phenoxy) is 1. The molecule has 21 heavy (non-hydrogen) atoms. The molecule has 1 aliphatic carbocycles. The van der Waals surface area contributed by atoms with Gasteiger partial charge in [0.15, 0.2) is 0 Å². The Bertz CT molecular complexity index is 480. The van der Waals surface area contributed by atoms with E-state index in [1.54, 1.807) is 6.20 Å². The molecule has 1 atom stereocenters. The minimum absolute atomic E-state index is 0.174. The summed E-state index contributed by atoms with van der Waals surface area (Å²) in [6.45, 7) is 16.7. The first-order chi connectivity index (χ1) is 9.71. The average Bonchev–Trinajstić information content (AvgIpc) is 2.77. The zero-order valence-electron chi connectivity index (χ0n) is 14.5. The molecule has 0 bridgehead atoms. The number of hydrogen-bond donors (Lipinski definition) is 1. The van der Waals surface area contributed by atoms with Crippen molar-refractivity contribution in [2.45, 2.75) is 60.6 Å². The van der Waals surface area contributed by atoms with E-state index < -0.39 is 0 Å². The van der Waals surface area contributed by atoms with E-state index >= 15 is 0 Å². The molecule has 3 heteroatoms. The summed E-state index contributed by atoms with van der Waals surface area (Å²) in [5.41, 5.74) is 1.92. The van der Waals surface area contributed by atoms with Crippen molar-refractivity contribution in [3.63, 3.8) is 0 Å². The minimum Gasteiger partial charge on any atom is -0.489 e. The van der Waals surface area contributed by atoms with Crippen LogP contribution in [0.3, 0.4) is 0 Å². The van der Waals surface area contributed by atoms with Gasteiger partial charge in [0, 0.05) is 12.2 Å². The van der Waals surface area contributed by atoms with Crippen LogP contribution < -0.4 is 10.1 Å². The fraction of sp³-hybridized carbons (Fsp3) is 0.722. The Morgan fingerprint density at radius 1 is 1.19 bits per heavy atom. The molecule has 1 unspecified atom stereocenters. The van der Waals surface area contributed by atoms with E-state index in [0.717, 1.165) is 12.3 Å². The molecule has 0 saturated heterocycles. The Labute approximate surface area is 129 Å². The first kappa shape index (κ1) is 16.3. The van der Waals surface area contributed by atoms with Crippen LogP contribution >= 0.6 is 0 Å². The van der Waals surface area contributed by atoms with E-state index in [0.29, 0.717) is 22.8 Å². The summed E-state index contributed by atoms with van der Waals surface area (Å²) in [4.78, 5) is 4.38. The molecule has 0 amide bonds. The van der Waals surface area contributed by atoms with Crippen molar-refractivity contribution in [1.82, 2.24) is 10.3 Å². The molecule has 1 saturated carbocycles. The second-order valence-corrected chi connectivity index (χ2v) is 7.58. The predicted octanol–water partition coefficient (Wildman–Crippen LogP) is 4.20. The van der Waals surface area contributed by atoms with Crippen LogP contribution in [0.15, 0.2) is 18.5 Å². The van der Waals surface area contributed by atoms with Crippen LogP contribution in [-0.4, -0.2) is 17.6 Å². The Morgan fingerprint density at radius 3 is 2.29 bits per heavy atom. The quantitative estimate of drug-likeness (QED) is 0.852. The van der Waals surface area contributed by atoms with E-state index in [2.05, 4.69) is 51.0 Å². The number of rotatable bonds is 6. The van der Waals surface area contributed by atoms with Crippen LogP contribution in [-0.2, 0) is 0 Å². The second kappa shape index (κ2) is 5.60. The summed E-state index contributed by atoms with van der Waals surface area (Å²) in [6, 6.07) is 2.48. The van der Waals surface area contributed by atoms with Crippen LogP contribution in [0.25, 0.3) is 0 Å². The molecule has 3 nitrogen and oxygen atoms in total. The zero-order valence-corrected chi connectivity index (χ0v) is 14.5. The van der Waals surface area contributed by atoms with Gasteiger partial charge in [0.2, 0.25) is 0 Å². The molecule has 1 heterocycles. The lowest BCUT2D eigenvalue weighted by atomic mass is 9.97. The lowest BCUT2D eigenvalue weighted by Crippen LogP contribution is -2.25. The largest absolute Gasteiger partial charge is 0.489 e. The lowest BCUT2D eigenvalue weighted by molar-refractivity contribution is 0.240. The van der Waals surface area contributed by atoms with Gasteiger partial charge < -0.3 is 10.1 Å². The van der Waals surface area contributed by atoms with E-state index in [9.17, 15) is 0 Å². The normalized spacial score (nSPS) is 21.3. The molecule has 0 aliphatic heterocycles. The average molecular weight is 290 g/mol. The third kappa shape index (κ3) is 2.94. The number of pyridine rings is 1. The summed E-state index contributed by atoms with van der Waals surface area (Å²) >= 11 is 0. The van der Waals surface area contributed by atoms with E-state index in [4.69, 9.17) is 4.74 Å². The first-order valence-electron chi connectivity index (χ1n) is 8.06. The Balaban J connectivity index is 2.28. The van der Waals surface area contributed by atoms with Gasteiger partial charge in [-0.1, -0.05) is 34.6 Å².